The van der Waals surface area contributed by atoms with Crippen molar-refractivity contribution in [3.8, 4) is 0 Å². The van der Waals surface area contributed by atoms with Crippen LogP contribution >= 0.6 is 11.6 Å². The van der Waals surface area contributed by atoms with Gasteiger partial charge in [-0.15, -0.1) is 0 Å². The van der Waals surface area contributed by atoms with Crippen LogP contribution in [0.1, 0.15) is 72.7 Å². The number of nitrogens with zero attached hydrogens (tertiary/aromatic N) is 3. The average molecular weight is 634 g/mol. The summed E-state index contributed by atoms with van der Waals surface area (Å²) in [5.41, 5.74) is 3.97. The van der Waals surface area contributed by atoms with Gasteiger partial charge in [0.25, 0.3) is 5.91 Å². The topological polar surface area (TPSA) is 110 Å². The minimum Gasteiger partial charge on any atom is -0.349 e. The van der Waals surface area contributed by atoms with Crippen LogP contribution in [0.2, 0.25) is 5.02 Å². The fraction of sp³-hybridized carbons (Fsp3) is 0.412. The van der Waals surface area contributed by atoms with Gasteiger partial charge in [0.15, 0.2) is 0 Å². The Labute approximate surface area is 264 Å². The second kappa shape index (κ2) is 12.6. The zero-order valence-electron chi connectivity index (χ0n) is 25.1. The molecule has 3 aromatic carbocycles. The summed E-state index contributed by atoms with van der Waals surface area (Å²) in [5, 5.41) is 8.41. The van der Waals surface area contributed by atoms with E-state index in [1.807, 2.05) is 0 Å². The molecule has 2 fully saturated rings. The predicted octanol–water partition coefficient (Wildman–Crippen LogP) is 5.98. The number of para-hydroxylation sites is 2. The molecule has 1 saturated carbocycles. The number of carbonyl (C=O) groups is 1. The summed E-state index contributed by atoms with van der Waals surface area (Å²) in [7, 11) is -4.03. The maximum absolute atomic E-state index is 13.1. The molecular weight excluding hydrogens is 594 g/mol. The minimum absolute atomic E-state index is 0.00363. The number of benzene rings is 3. The molecular formula is C34H40ClN5O3S. The lowest BCUT2D eigenvalue weighted by molar-refractivity contribution is 0.0910. The van der Waals surface area contributed by atoms with E-state index in [-0.39, 0.29) is 32.8 Å². The van der Waals surface area contributed by atoms with Gasteiger partial charge in [0.1, 0.15) is 10.7 Å². The molecule has 232 valence electrons. The number of imidazole rings is 1. The van der Waals surface area contributed by atoms with Gasteiger partial charge < -0.3 is 14.8 Å². The lowest BCUT2D eigenvalue weighted by Gasteiger charge is -2.43. The molecule has 4 aromatic rings. The number of nitrogens with one attached hydrogen (secondary N) is 1. The number of likely N-dealkylation sites (tertiary alicyclic amines) is 1. The zero-order chi connectivity index (χ0) is 30.9. The third kappa shape index (κ3) is 6.42. The number of hydrogen-bond donors (Lipinski definition) is 2. The maximum Gasteiger partial charge on any atom is 0.251 e. The Balaban J connectivity index is 1.08. The molecule has 2 heterocycles. The van der Waals surface area contributed by atoms with Crippen LogP contribution in [0.4, 0.5) is 0 Å². The molecule has 0 atom stereocenters. The summed E-state index contributed by atoms with van der Waals surface area (Å²) in [6, 6.07) is 23.9. The standard InChI is InChI=1S/C34H40ClN5O3S/c1-24-37-30-9-5-6-10-31(30)40(24)28-15-20-39(21-16-28)22-19-34(26-7-3-2-4-8-26)17-13-27(14-18-34)38-33(41)25-11-12-29(35)32(23-25)44(36,42)43/h2-12,23,27-28H,13-22H2,1H3,(H,38,41)(H2,36,42,43). The Bertz CT molecular complexity index is 1740. The fourth-order valence-corrected chi connectivity index (χ4v) is 8.39. The molecule has 2 aliphatic rings. The van der Waals surface area contributed by atoms with Gasteiger partial charge >= 0.3 is 0 Å². The van der Waals surface area contributed by atoms with Crippen molar-refractivity contribution in [1.82, 2.24) is 19.8 Å². The number of piperidine rings is 1. The molecule has 10 heteroatoms. The highest BCUT2D eigenvalue weighted by Crippen LogP contribution is 2.43. The predicted molar refractivity (Wildman–Crippen MR) is 174 cm³/mol. The van der Waals surface area contributed by atoms with Crippen molar-refractivity contribution in [2.24, 2.45) is 5.14 Å². The number of aromatic nitrogens is 2. The van der Waals surface area contributed by atoms with Gasteiger partial charge in [0.2, 0.25) is 10.0 Å². The number of carbonyl (C=O) groups excluding carboxylic acids is 1. The van der Waals surface area contributed by atoms with Crippen LogP contribution in [0.25, 0.3) is 11.0 Å². The molecule has 8 nitrogen and oxygen atoms in total. The number of primary sulfonamides is 1. The highest BCUT2D eigenvalue weighted by Gasteiger charge is 2.38. The first-order valence-corrected chi connectivity index (χ1v) is 17.4. The van der Waals surface area contributed by atoms with Gasteiger partial charge in [-0.3, -0.25) is 4.79 Å². The van der Waals surface area contributed by atoms with Gasteiger partial charge in [0, 0.05) is 30.7 Å². The minimum atomic E-state index is -4.03. The van der Waals surface area contributed by atoms with Crippen LogP contribution < -0.4 is 10.5 Å². The van der Waals surface area contributed by atoms with Gasteiger partial charge in [-0.2, -0.15) is 0 Å². The second-order valence-corrected chi connectivity index (χ2v) is 14.4. The lowest BCUT2D eigenvalue weighted by Crippen LogP contribution is -2.44. The molecule has 6 rings (SSSR count). The van der Waals surface area contributed by atoms with E-state index in [1.54, 1.807) is 0 Å². The molecule has 0 spiro atoms. The van der Waals surface area contributed by atoms with Crippen LogP contribution in [0.5, 0.6) is 0 Å². The van der Waals surface area contributed by atoms with E-state index in [4.69, 9.17) is 21.7 Å². The van der Waals surface area contributed by atoms with E-state index in [9.17, 15) is 13.2 Å². The van der Waals surface area contributed by atoms with Gasteiger partial charge in [-0.25, -0.2) is 18.5 Å². The summed E-state index contributed by atoms with van der Waals surface area (Å²) in [4.78, 5) is 20.2. The van der Waals surface area contributed by atoms with Crippen LogP contribution in [-0.4, -0.2) is 54.5 Å². The number of rotatable bonds is 8. The van der Waals surface area contributed by atoms with E-state index in [0.29, 0.717) is 6.04 Å². The number of fused-ring (bicyclic) bond motifs is 1. The smallest absolute Gasteiger partial charge is 0.251 e. The van der Waals surface area contributed by atoms with Gasteiger partial charge in [-0.1, -0.05) is 54.1 Å². The van der Waals surface area contributed by atoms with E-state index >= 15 is 0 Å². The first-order valence-electron chi connectivity index (χ1n) is 15.5. The summed E-state index contributed by atoms with van der Waals surface area (Å²) in [6.45, 7) is 5.30. The first-order chi connectivity index (χ1) is 21.1. The molecule has 0 unspecified atom stereocenters. The summed E-state index contributed by atoms with van der Waals surface area (Å²) in [5.74, 6) is 0.782. The van der Waals surface area contributed by atoms with Gasteiger partial charge in [0.05, 0.1) is 16.1 Å². The average Bonchev–Trinajstić information content (AvgIpc) is 3.36. The van der Waals surface area contributed by atoms with Crippen LogP contribution in [0.3, 0.4) is 0 Å². The molecule has 1 saturated heterocycles. The van der Waals surface area contributed by atoms with E-state index in [2.05, 4.69) is 76.3 Å². The Morgan fingerprint density at radius 3 is 2.39 bits per heavy atom. The Kier molecular flexibility index (Phi) is 8.84. The number of sulfonamides is 1. The monoisotopic (exact) mass is 633 g/mol. The fourth-order valence-electron chi connectivity index (χ4n) is 7.32. The quantitative estimate of drug-likeness (QED) is 0.248. The number of nitrogens with two attached hydrogens (primary N) is 1. The number of aryl methyl sites for hydroxylation is 1. The Morgan fingerprint density at radius 2 is 1.68 bits per heavy atom. The van der Waals surface area contributed by atoms with Crippen molar-refractivity contribution >= 4 is 38.6 Å². The number of amides is 1. The summed E-state index contributed by atoms with van der Waals surface area (Å²) < 4.78 is 26.2. The van der Waals surface area contributed by atoms with Crippen LogP contribution in [-0.2, 0) is 15.4 Å². The normalized spacial score (nSPS) is 21.8. The van der Waals surface area contributed by atoms with Crippen LogP contribution in [0, 0.1) is 6.92 Å². The van der Waals surface area contributed by atoms with Gasteiger partial charge in [-0.05, 0) is 99.7 Å². The Morgan fingerprint density at radius 1 is 1.00 bits per heavy atom. The SMILES string of the molecule is Cc1nc2ccccc2n1C1CCN(CCC2(c3ccccc3)CCC(NC(=O)c3ccc(Cl)c(S(N)(=O)=O)c3)CC2)CC1. The zero-order valence-corrected chi connectivity index (χ0v) is 26.7. The number of halogens is 1. The largest absolute Gasteiger partial charge is 0.349 e. The molecule has 1 amide bonds. The molecule has 0 radical (unpaired) electrons. The molecule has 1 aromatic heterocycles. The van der Waals surface area contributed by atoms with E-state index < -0.39 is 10.0 Å². The Hall–Kier alpha value is -3.24. The first kappa shape index (κ1) is 30.8. The third-order valence-electron chi connectivity index (χ3n) is 9.76. The van der Waals surface area contributed by atoms with Crippen molar-refractivity contribution in [2.45, 2.75) is 74.3 Å². The van der Waals surface area contributed by atoms with Crippen molar-refractivity contribution in [1.29, 1.82) is 0 Å². The highest BCUT2D eigenvalue weighted by atomic mass is 35.5. The molecule has 0 bridgehead atoms. The maximum atomic E-state index is 13.1. The summed E-state index contributed by atoms with van der Waals surface area (Å²) >= 11 is 6.01. The molecule has 44 heavy (non-hydrogen) atoms. The molecule has 1 aliphatic heterocycles. The molecule has 3 N–H and O–H groups in total. The lowest BCUT2D eigenvalue weighted by atomic mass is 9.66. The third-order valence-corrected chi connectivity index (χ3v) is 11.2. The van der Waals surface area contributed by atoms with Crippen LogP contribution in [0.15, 0.2) is 77.7 Å². The van der Waals surface area contributed by atoms with Crippen molar-refractivity contribution < 1.29 is 13.2 Å². The van der Waals surface area contributed by atoms with E-state index in [1.165, 1.54) is 29.3 Å². The van der Waals surface area contributed by atoms with E-state index in [0.717, 1.165) is 75.9 Å². The molecule has 1 aliphatic carbocycles. The van der Waals surface area contributed by atoms with Crippen molar-refractivity contribution in [3.63, 3.8) is 0 Å². The highest BCUT2D eigenvalue weighted by molar-refractivity contribution is 7.89. The second-order valence-electron chi connectivity index (χ2n) is 12.4. The number of hydrogen-bond acceptors (Lipinski definition) is 5. The van der Waals surface area contributed by atoms with Crippen molar-refractivity contribution in [2.75, 3.05) is 19.6 Å². The van der Waals surface area contributed by atoms with Crippen molar-refractivity contribution in [3.05, 3.63) is 94.8 Å². The summed E-state index contributed by atoms with van der Waals surface area (Å²) in [6.07, 6.45) is 6.96.